The Hall–Kier alpha value is -1.92. The molecule has 0 spiro atoms. The lowest BCUT2D eigenvalue weighted by atomic mass is 10.2. The van der Waals surface area contributed by atoms with Crippen molar-refractivity contribution < 1.29 is 14.9 Å². The van der Waals surface area contributed by atoms with E-state index in [1.165, 1.54) is 16.8 Å². The van der Waals surface area contributed by atoms with E-state index in [9.17, 15) is 14.7 Å². The average molecular weight is 350 g/mol. The number of aromatic amines is 1. The maximum atomic E-state index is 12.0. The number of hydrogen-bond acceptors (Lipinski definition) is 5. The molecular formula is C16H22N2O5Si. The van der Waals surface area contributed by atoms with Gasteiger partial charge in [0.05, 0.1) is 18.3 Å². The van der Waals surface area contributed by atoms with Gasteiger partial charge in [-0.25, -0.2) is 4.79 Å². The van der Waals surface area contributed by atoms with E-state index in [2.05, 4.69) is 36.1 Å². The van der Waals surface area contributed by atoms with E-state index < -0.39 is 37.8 Å². The van der Waals surface area contributed by atoms with Gasteiger partial charge in [-0.2, -0.15) is 0 Å². The number of nitrogens with zero attached hydrogens (tertiary/aromatic N) is 1. The molecule has 24 heavy (non-hydrogen) atoms. The van der Waals surface area contributed by atoms with Crippen molar-refractivity contribution in [3.63, 3.8) is 0 Å². The van der Waals surface area contributed by atoms with Crippen LogP contribution in [0.1, 0.15) is 18.2 Å². The third-order valence-corrected chi connectivity index (χ3v) is 4.38. The Morgan fingerprint density at radius 3 is 2.75 bits per heavy atom. The van der Waals surface area contributed by atoms with Crippen LogP contribution < -0.4 is 11.2 Å². The molecule has 130 valence electrons. The molecule has 0 bridgehead atoms. The van der Waals surface area contributed by atoms with Crippen LogP contribution in [0.15, 0.2) is 21.9 Å². The van der Waals surface area contributed by atoms with E-state index in [1.807, 2.05) is 0 Å². The Morgan fingerprint density at radius 1 is 1.46 bits per heavy atom. The molecule has 1 saturated heterocycles. The molecule has 1 fully saturated rings. The average Bonchev–Trinajstić information content (AvgIpc) is 2.85. The first-order chi connectivity index (χ1) is 11.2. The minimum Gasteiger partial charge on any atom is -0.394 e. The van der Waals surface area contributed by atoms with Crippen molar-refractivity contribution in [3.8, 4) is 11.5 Å². The summed E-state index contributed by atoms with van der Waals surface area (Å²) in [6.45, 7) is 6.00. The van der Waals surface area contributed by atoms with Crippen molar-refractivity contribution in [2.75, 3.05) is 6.61 Å². The molecular weight excluding hydrogens is 328 g/mol. The maximum Gasteiger partial charge on any atom is 0.330 e. The number of aliphatic hydroxyl groups excluding tert-OH is 2. The Morgan fingerprint density at radius 2 is 2.17 bits per heavy atom. The molecule has 2 heterocycles. The van der Waals surface area contributed by atoms with Crippen molar-refractivity contribution in [1.29, 1.82) is 0 Å². The predicted molar refractivity (Wildman–Crippen MR) is 93.1 cm³/mol. The molecule has 1 aromatic rings. The summed E-state index contributed by atoms with van der Waals surface area (Å²) < 4.78 is 6.66. The first-order valence-electron chi connectivity index (χ1n) is 7.70. The molecule has 3 atom stereocenters. The number of ether oxygens (including phenoxy) is 1. The molecule has 7 nitrogen and oxygen atoms in total. The van der Waals surface area contributed by atoms with Crippen molar-refractivity contribution in [2.45, 2.75) is 44.5 Å². The van der Waals surface area contributed by atoms with Crippen LogP contribution in [0.25, 0.3) is 6.08 Å². The summed E-state index contributed by atoms with van der Waals surface area (Å²) in [7, 11) is -1.49. The van der Waals surface area contributed by atoms with Crippen LogP contribution >= 0.6 is 0 Å². The highest BCUT2D eigenvalue weighted by Crippen LogP contribution is 2.27. The summed E-state index contributed by atoms with van der Waals surface area (Å²) in [5, 5.41) is 18.9. The van der Waals surface area contributed by atoms with Crippen molar-refractivity contribution in [1.82, 2.24) is 9.55 Å². The second-order valence-corrected chi connectivity index (χ2v) is 11.5. The van der Waals surface area contributed by atoms with Gasteiger partial charge in [0.15, 0.2) is 0 Å². The van der Waals surface area contributed by atoms with Gasteiger partial charge in [0, 0.05) is 12.6 Å². The van der Waals surface area contributed by atoms with E-state index in [0.717, 1.165) is 0 Å². The van der Waals surface area contributed by atoms with Crippen molar-refractivity contribution in [3.05, 3.63) is 38.7 Å². The molecule has 3 N–H and O–H groups in total. The molecule has 1 aromatic heterocycles. The van der Waals surface area contributed by atoms with Gasteiger partial charge in [-0.3, -0.25) is 14.3 Å². The fourth-order valence-corrected chi connectivity index (χ4v) is 2.79. The predicted octanol–water partition coefficient (Wildman–Crippen LogP) is 0.0713. The first-order valence-corrected chi connectivity index (χ1v) is 11.2. The highest BCUT2D eigenvalue weighted by molar-refractivity contribution is 6.83. The van der Waals surface area contributed by atoms with Gasteiger partial charge in [-0.05, 0) is 12.2 Å². The van der Waals surface area contributed by atoms with Gasteiger partial charge in [-0.1, -0.05) is 25.6 Å². The fraction of sp³-hybridized carbons (Fsp3) is 0.500. The Bertz CT molecular complexity index is 794. The SMILES string of the molecule is C[Si](C)(C)C#CC=Cc1cn([C@H]2C[C@@H](O)[C@@H](CO)O2)c(=O)[nH]c1=O. The van der Waals surface area contributed by atoms with Crippen LogP contribution in [0.3, 0.4) is 0 Å². The van der Waals surface area contributed by atoms with Gasteiger partial charge in [-0.15, -0.1) is 5.54 Å². The Labute approximate surface area is 140 Å². The van der Waals surface area contributed by atoms with Crippen molar-refractivity contribution >= 4 is 14.1 Å². The van der Waals surface area contributed by atoms with Crippen LogP contribution in [-0.4, -0.2) is 46.7 Å². The summed E-state index contributed by atoms with van der Waals surface area (Å²) in [5.74, 6) is 2.91. The van der Waals surface area contributed by atoms with Gasteiger partial charge in [0.25, 0.3) is 5.56 Å². The van der Waals surface area contributed by atoms with Crippen LogP contribution in [0.2, 0.25) is 19.6 Å². The summed E-state index contributed by atoms with van der Waals surface area (Å²) >= 11 is 0. The molecule has 0 saturated carbocycles. The molecule has 1 aliphatic rings. The van der Waals surface area contributed by atoms with Gasteiger partial charge in [0.1, 0.15) is 20.4 Å². The van der Waals surface area contributed by atoms with E-state index in [-0.39, 0.29) is 18.6 Å². The second-order valence-electron chi connectivity index (χ2n) is 6.72. The zero-order valence-corrected chi connectivity index (χ0v) is 14.9. The Balaban J connectivity index is 2.29. The zero-order valence-electron chi connectivity index (χ0n) is 13.9. The number of hydrogen-bond donors (Lipinski definition) is 3. The maximum absolute atomic E-state index is 12.0. The molecule has 1 aliphatic heterocycles. The number of rotatable bonds is 3. The summed E-state index contributed by atoms with van der Waals surface area (Å²) in [4.78, 5) is 26.1. The van der Waals surface area contributed by atoms with Crippen molar-refractivity contribution in [2.24, 2.45) is 0 Å². The summed E-state index contributed by atoms with van der Waals surface area (Å²) in [6.07, 6.45) is 2.33. The molecule has 2 rings (SSSR count). The highest BCUT2D eigenvalue weighted by atomic mass is 28.3. The molecule has 0 amide bonds. The third-order valence-electron chi connectivity index (χ3n) is 3.48. The summed E-state index contributed by atoms with van der Waals surface area (Å²) in [5.41, 5.74) is 2.28. The summed E-state index contributed by atoms with van der Waals surface area (Å²) in [6, 6.07) is 0. The second kappa shape index (κ2) is 7.32. The van der Waals surface area contributed by atoms with Crippen LogP contribution in [-0.2, 0) is 4.74 Å². The van der Waals surface area contributed by atoms with Crippen LogP contribution in [0.4, 0.5) is 0 Å². The number of allylic oxidation sites excluding steroid dienone is 1. The first kappa shape index (κ1) is 18.4. The van der Waals surface area contributed by atoms with Gasteiger partial charge >= 0.3 is 5.69 Å². The zero-order chi connectivity index (χ0) is 17.9. The smallest absolute Gasteiger partial charge is 0.330 e. The van der Waals surface area contributed by atoms with E-state index >= 15 is 0 Å². The molecule has 0 aliphatic carbocycles. The number of H-pyrrole nitrogens is 1. The molecule has 0 aromatic carbocycles. The third kappa shape index (κ3) is 4.55. The standard InChI is InChI=1S/C16H22N2O5Si/c1-24(2,3)7-5-4-6-11-9-18(16(22)17-15(11)21)14-8-12(20)13(10-19)23-14/h4,6,9,12-14,19-20H,8,10H2,1-3H3,(H,17,21,22)/t12-,13-,14-/m1/s1. The van der Waals surface area contributed by atoms with Gasteiger partial charge in [0.2, 0.25) is 0 Å². The van der Waals surface area contributed by atoms with Gasteiger partial charge < -0.3 is 14.9 Å². The minimum atomic E-state index is -1.49. The van der Waals surface area contributed by atoms with E-state index in [4.69, 9.17) is 9.84 Å². The van der Waals surface area contributed by atoms with E-state index in [1.54, 1.807) is 6.08 Å². The number of aromatic nitrogens is 2. The lowest BCUT2D eigenvalue weighted by Crippen LogP contribution is -2.33. The number of nitrogens with one attached hydrogen (secondary N) is 1. The van der Waals surface area contributed by atoms with Crippen LogP contribution in [0, 0.1) is 11.5 Å². The largest absolute Gasteiger partial charge is 0.394 e. The lowest BCUT2D eigenvalue weighted by molar-refractivity contribution is -0.0459. The normalized spacial score (nSPS) is 24.1. The molecule has 0 radical (unpaired) electrons. The topological polar surface area (TPSA) is 105 Å². The monoisotopic (exact) mass is 350 g/mol. The van der Waals surface area contributed by atoms with Crippen LogP contribution in [0.5, 0.6) is 0 Å². The minimum absolute atomic E-state index is 0.162. The lowest BCUT2D eigenvalue weighted by Gasteiger charge is -2.14. The van der Waals surface area contributed by atoms with E-state index in [0.29, 0.717) is 0 Å². The Kier molecular flexibility index (Phi) is 5.61. The molecule has 0 unspecified atom stereocenters. The highest BCUT2D eigenvalue weighted by Gasteiger charge is 2.35. The molecule has 8 heteroatoms. The number of aliphatic hydroxyl groups is 2. The fourth-order valence-electron chi connectivity index (χ4n) is 2.27. The quantitative estimate of drug-likeness (QED) is 0.529.